The molecule has 0 bridgehead atoms. The van der Waals surface area contributed by atoms with E-state index in [1.807, 2.05) is 6.92 Å². The number of carboxylic acid groups (broad SMARTS) is 1. The van der Waals surface area contributed by atoms with E-state index in [4.69, 9.17) is 10.8 Å². The van der Waals surface area contributed by atoms with E-state index in [-0.39, 0.29) is 12.4 Å². The van der Waals surface area contributed by atoms with Crippen LogP contribution in [0.4, 0.5) is 5.82 Å². The smallest absolute Gasteiger partial charge is 0.374 e. The van der Waals surface area contributed by atoms with Gasteiger partial charge in [0.1, 0.15) is 5.82 Å². The maximum atomic E-state index is 11.1. The Morgan fingerprint density at radius 2 is 2.00 bits per heavy atom. The third-order valence-electron chi connectivity index (χ3n) is 2.80. The van der Waals surface area contributed by atoms with E-state index in [9.17, 15) is 9.59 Å². The number of nitrogens with zero attached hydrogens (tertiary/aromatic N) is 3. The van der Waals surface area contributed by atoms with Crippen molar-refractivity contribution in [3.8, 4) is 0 Å². The minimum atomic E-state index is -1.22. The molecule has 3 N–H and O–H groups in total. The molecule has 0 fully saturated rings. The van der Waals surface area contributed by atoms with Gasteiger partial charge in [-0.3, -0.25) is 4.79 Å². The Morgan fingerprint density at radius 1 is 1.30 bits per heavy atom. The second-order valence-corrected chi connectivity index (χ2v) is 4.17. The fourth-order valence-corrected chi connectivity index (χ4v) is 1.92. The number of primary amides is 1. The highest BCUT2D eigenvalue weighted by atomic mass is 16.4. The van der Waals surface area contributed by atoms with Gasteiger partial charge in [0.15, 0.2) is 0 Å². The molecule has 0 radical (unpaired) electrons. The van der Waals surface area contributed by atoms with Crippen LogP contribution in [0.5, 0.6) is 0 Å². The minimum Gasteiger partial charge on any atom is -0.475 e. The first kappa shape index (κ1) is 13.7. The molecule has 1 aromatic carbocycles. The molecule has 104 valence electrons. The first-order chi connectivity index (χ1) is 9.52. The van der Waals surface area contributed by atoms with Crippen LogP contribution in [0.15, 0.2) is 24.3 Å². The average molecular weight is 274 g/mol. The standard InChI is InChI=1S/C13H14N4O3/c1-2-17(7-10(14)18)12-8-5-3-4-6-9(8)15-11(16-12)13(19)20/h3-6H,2,7H2,1H3,(H2,14,18)(H,19,20). The van der Waals surface area contributed by atoms with Crippen molar-refractivity contribution in [1.29, 1.82) is 0 Å². The highest BCUT2D eigenvalue weighted by molar-refractivity contribution is 5.95. The van der Waals surface area contributed by atoms with Crippen LogP contribution in [0, 0.1) is 0 Å². The Kier molecular flexibility index (Phi) is 3.79. The summed E-state index contributed by atoms with van der Waals surface area (Å²) >= 11 is 0. The van der Waals surface area contributed by atoms with Crippen LogP contribution in [0.25, 0.3) is 10.9 Å². The van der Waals surface area contributed by atoms with Crippen molar-refractivity contribution in [2.75, 3.05) is 18.0 Å². The molecule has 20 heavy (non-hydrogen) atoms. The van der Waals surface area contributed by atoms with Gasteiger partial charge in [-0.15, -0.1) is 0 Å². The maximum absolute atomic E-state index is 11.1. The Hall–Kier alpha value is -2.70. The van der Waals surface area contributed by atoms with Gasteiger partial charge in [0.05, 0.1) is 12.1 Å². The predicted molar refractivity (Wildman–Crippen MR) is 73.6 cm³/mol. The molecule has 2 rings (SSSR count). The largest absolute Gasteiger partial charge is 0.475 e. The summed E-state index contributed by atoms with van der Waals surface area (Å²) in [6, 6.07) is 7.04. The van der Waals surface area contributed by atoms with E-state index in [1.54, 1.807) is 29.2 Å². The molecule has 0 aliphatic heterocycles. The summed E-state index contributed by atoms with van der Waals surface area (Å²) in [5, 5.41) is 9.75. The molecule has 0 atom stereocenters. The van der Waals surface area contributed by atoms with Crippen molar-refractivity contribution >= 4 is 28.6 Å². The molecular formula is C13H14N4O3. The third-order valence-corrected chi connectivity index (χ3v) is 2.80. The monoisotopic (exact) mass is 274 g/mol. The zero-order chi connectivity index (χ0) is 14.7. The summed E-state index contributed by atoms with van der Waals surface area (Å²) in [4.78, 5) is 31.8. The van der Waals surface area contributed by atoms with E-state index in [2.05, 4.69) is 9.97 Å². The lowest BCUT2D eigenvalue weighted by atomic mass is 10.2. The molecule has 0 unspecified atom stereocenters. The average Bonchev–Trinajstić information content (AvgIpc) is 2.43. The topological polar surface area (TPSA) is 109 Å². The Labute approximate surface area is 115 Å². The molecule has 1 heterocycles. The molecule has 0 saturated carbocycles. The van der Waals surface area contributed by atoms with Gasteiger partial charge in [0.25, 0.3) is 0 Å². The lowest BCUT2D eigenvalue weighted by Gasteiger charge is -2.21. The second kappa shape index (κ2) is 5.52. The number of amides is 1. The summed E-state index contributed by atoms with van der Waals surface area (Å²) in [5.41, 5.74) is 5.72. The van der Waals surface area contributed by atoms with Crippen LogP contribution in [0.1, 0.15) is 17.5 Å². The number of carbonyl (C=O) groups is 2. The quantitative estimate of drug-likeness (QED) is 0.828. The maximum Gasteiger partial charge on any atom is 0.374 e. The normalized spacial score (nSPS) is 10.4. The predicted octanol–water partition coefficient (Wildman–Crippen LogP) is 0.640. The van der Waals surface area contributed by atoms with Crippen molar-refractivity contribution in [3.63, 3.8) is 0 Å². The highest BCUT2D eigenvalue weighted by Gasteiger charge is 2.17. The molecule has 7 heteroatoms. The van der Waals surface area contributed by atoms with E-state index < -0.39 is 11.9 Å². The number of carboxylic acids is 1. The van der Waals surface area contributed by atoms with Crippen LogP contribution in [-0.4, -0.2) is 40.0 Å². The number of anilines is 1. The number of hydrogen-bond acceptors (Lipinski definition) is 5. The fraction of sp³-hybridized carbons (Fsp3) is 0.231. The summed E-state index contributed by atoms with van der Waals surface area (Å²) in [7, 11) is 0. The molecule has 2 aromatic rings. The van der Waals surface area contributed by atoms with E-state index in [0.29, 0.717) is 23.3 Å². The number of rotatable bonds is 5. The first-order valence-electron chi connectivity index (χ1n) is 6.06. The van der Waals surface area contributed by atoms with Crippen LogP contribution in [0.2, 0.25) is 0 Å². The zero-order valence-electron chi connectivity index (χ0n) is 10.9. The van der Waals surface area contributed by atoms with E-state index >= 15 is 0 Å². The van der Waals surface area contributed by atoms with Gasteiger partial charge in [-0.05, 0) is 19.1 Å². The van der Waals surface area contributed by atoms with E-state index in [0.717, 1.165) is 0 Å². The van der Waals surface area contributed by atoms with Crippen molar-refractivity contribution in [3.05, 3.63) is 30.1 Å². The SMILES string of the molecule is CCN(CC(N)=O)c1nc(C(=O)O)nc2ccccc12. The second-order valence-electron chi connectivity index (χ2n) is 4.17. The molecule has 0 aliphatic carbocycles. The molecule has 1 amide bonds. The number of para-hydroxylation sites is 1. The van der Waals surface area contributed by atoms with E-state index in [1.165, 1.54) is 0 Å². The first-order valence-corrected chi connectivity index (χ1v) is 6.06. The number of carbonyl (C=O) groups excluding carboxylic acids is 1. The van der Waals surface area contributed by atoms with Crippen LogP contribution < -0.4 is 10.6 Å². The number of aromatic nitrogens is 2. The zero-order valence-corrected chi connectivity index (χ0v) is 10.9. The van der Waals surface area contributed by atoms with Crippen molar-refractivity contribution < 1.29 is 14.7 Å². The van der Waals surface area contributed by atoms with Gasteiger partial charge in [-0.2, -0.15) is 0 Å². The van der Waals surface area contributed by atoms with Gasteiger partial charge < -0.3 is 15.7 Å². The van der Waals surface area contributed by atoms with Gasteiger partial charge in [-0.25, -0.2) is 14.8 Å². The number of benzene rings is 1. The van der Waals surface area contributed by atoms with Gasteiger partial charge in [-0.1, -0.05) is 12.1 Å². The van der Waals surface area contributed by atoms with Crippen molar-refractivity contribution in [2.24, 2.45) is 5.73 Å². The third kappa shape index (κ3) is 2.66. The lowest BCUT2D eigenvalue weighted by molar-refractivity contribution is -0.116. The molecule has 7 nitrogen and oxygen atoms in total. The number of aromatic carboxylic acids is 1. The summed E-state index contributed by atoms with van der Waals surface area (Å²) in [6.45, 7) is 2.28. The Balaban J connectivity index is 2.64. The number of fused-ring (bicyclic) bond motifs is 1. The van der Waals surface area contributed by atoms with Gasteiger partial charge in [0, 0.05) is 11.9 Å². The Morgan fingerprint density at radius 3 is 2.60 bits per heavy atom. The van der Waals surface area contributed by atoms with Crippen LogP contribution in [-0.2, 0) is 4.79 Å². The highest BCUT2D eigenvalue weighted by Crippen LogP contribution is 2.23. The number of hydrogen-bond donors (Lipinski definition) is 2. The van der Waals surface area contributed by atoms with Gasteiger partial charge >= 0.3 is 5.97 Å². The van der Waals surface area contributed by atoms with Crippen LogP contribution in [0.3, 0.4) is 0 Å². The van der Waals surface area contributed by atoms with Crippen molar-refractivity contribution in [2.45, 2.75) is 6.92 Å². The lowest BCUT2D eigenvalue weighted by Crippen LogP contribution is -2.34. The van der Waals surface area contributed by atoms with Crippen LogP contribution >= 0.6 is 0 Å². The molecule has 1 aromatic heterocycles. The number of nitrogens with two attached hydrogens (primary N) is 1. The number of likely N-dealkylation sites (N-methyl/N-ethyl adjacent to an activating group) is 1. The summed E-state index contributed by atoms with van der Waals surface area (Å²) in [6.07, 6.45) is 0. The van der Waals surface area contributed by atoms with Gasteiger partial charge in [0.2, 0.25) is 11.7 Å². The summed E-state index contributed by atoms with van der Waals surface area (Å²) in [5.74, 6) is -1.63. The minimum absolute atomic E-state index is 0.0312. The fourth-order valence-electron chi connectivity index (χ4n) is 1.92. The van der Waals surface area contributed by atoms with Crippen molar-refractivity contribution in [1.82, 2.24) is 9.97 Å². The Bertz CT molecular complexity index is 672. The molecule has 0 saturated heterocycles. The molecular weight excluding hydrogens is 260 g/mol. The molecule has 0 aliphatic rings. The molecule has 0 spiro atoms. The summed E-state index contributed by atoms with van der Waals surface area (Å²) < 4.78 is 0.